The van der Waals surface area contributed by atoms with Gasteiger partial charge in [0.25, 0.3) is 0 Å². The van der Waals surface area contributed by atoms with E-state index in [4.69, 9.17) is 0 Å². The topological polar surface area (TPSA) is 20.2 Å². The predicted octanol–water partition coefficient (Wildman–Crippen LogP) is 3.36. The molecule has 1 N–H and O–H groups in total. The number of halogens is 5. The smallest absolute Gasteiger partial charge is 0.376 e. The molecule has 0 saturated heterocycles. The lowest BCUT2D eigenvalue weighted by Gasteiger charge is -2.27. The highest BCUT2D eigenvalue weighted by Crippen LogP contribution is 2.40. The molecule has 1 rings (SSSR count). The minimum Gasteiger partial charge on any atom is -0.376 e. The zero-order chi connectivity index (χ0) is 11.9. The summed E-state index contributed by atoms with van der Waals surface area (Å²) in [6.07, 6.45) is -4.92. The Morgan fingerprint density at radius 3 is 2.27 bits per heavy atom. The molecule has 0 amide bonds. The van der Waals surface area contributed by atoms with E-state index in [0.29, 0.717) is 6.92 Å². The first-order valence-electron chi connectivity index (χ1n) is 3.91. The van der Waals surface area contributed by atoms with Gasteiger partial charge in [-0.1, -0.05) is 15.9 Å². The maximum atomic E-state index is 13.1. The third-order valence-corrected chi connectivity index (χ3v) is 2.50. The van der Waals surface area contributed by atoms with Gasteiger partial charge in [0.05, 0.1) is 0 Å². The van der Waals surface area contributed by atoms with Crippen molar-refractivity contribution in [3.05, 3.63) is 34.1 Å². The monoisotopic (exact) mass is 286 g/mol. The summed E-state index contributed by atoms with van der Waals surface area (Å²) in [6, 6.07) is 3.02. The quantitative estimate of drug-likeness (QED) is 0.785. The maximum Gasteiger partial charge on any atom is 0.421 e. The fourth-order valence-corrected chi connectivity index (χ4v) is 1.38. The Morgan fingerprint density at radius 2 is 1.80 bits per heavy atom. The molecule has 0 aliphatic rings. The first-order valence-corrected chi connectivity index (χ1v) is 4.70. The van der Waals surface area contributed by atoms with Gasteiger partial charge in [0.1, 0.15) is 5.82 Å². The number of aliphatic hydroxyl groups is 1. The van der Waals surface area contributed by atoms with Gasteiger partial charge < -0.3 is 5.11 Å². The lowest BCUT2D eigenvalue weighted by molar-refractivity contribution is -0.259. The van der Waals surface area contributed by atoms with Crippen LogP contribution < -0.4 is 0 Å². The van der Waals surface area contributed by atoms with Gasteiger partial charge in [-0.05, 0) is 25.1 Å². The fraction of sp³-hybridized carbons (Fsp3) is 0.333. The molecule has 6 heteroatoms. The zero-order valence-electron chi connectivity index (χ0n) is 7.57. The molecule has 84 valence electrons. The molecule has 1 nitrogen and oxygen atoms in total. The van der Waals surface area contributed by atoms with Crippen molar-refractivity contribution in [2.24, 2.45) is 0 Å². The normalized spacial score (nSPS) is 16.2. The second-order valence-corrected chi connectivity index (χ2v) is 4.11. The van der Waals surface area contributed by atoms with Gasteiger partial charge in [0.2, 0.25) is 0 Å². The maximum absolute atomic E-state index is 13.1. The number of hydrogen-bond acceptors (Lipinski definition) is 1. The van der Waals surface area contributed by atoms with Crippen molar-refractivity contribution in [3.8, 4) is 0 Å². The standard InChI is InChI=1S/C9H7BrF4O/c1-8(15,9(12,13)14)6-4-5(10)2-3-7(6)11/h2-4,15H,1H3. The van der Waals surface area contributed by atoms with Gasteiger partial charge >= 0.3 is 6.18 Å². The van der Waals surface area contributed by atoms with Crippen LogP contribution in [0.4, 0.5) is 17.6 Å². The molecule has 0 bridgehead atoms. The van der Waals surface area contributed by atoms with Crippen LogP contribution in [0.2, 0.25) is 0 Å². The molecule has 0 fully saturated rings. The highest BCUT2D eigenvalue weighted by molar-refractivity contribution is 9.10. The van der Waals surface area contributed by atoms with Gasteiger partial charge in [0.15, 0.2) is 5.60 Å². The summed E-state index contributed by atoms with van der Waals surface area (Å²) in [5.74, 6) is -1.10. The van der Waals surface area contributed by atoms with Gasteiger partial charge in [-0.25, -0.2) is 4.39 Å². The van der Waals surface area contributed by atoms with Crippen molar-refractivity contribution < 1.29 is 22.7 Å². The second kappa shape index (κ2) is 3.75. The number of alkyl halides is 3. The van der Waals surface area contributed by atoms with Crippen LogP contribution in [0.3, 0.4) is 0 Å². The molecule has 0 aliphatic carbocycles. The van der Waals surface area contributed by atoms with Crippen LogP contribution in [0.25, 0.3) is 0 Å². The van der Waals surface area contributed by atoms with Crippen molar-refractivity contribution in [1.82, 2.24) is 0 Å². The molecular formula is C9H7BrF4O. The van der Waals surface area contributed by atoms with E-state index in [1.54, 1.807) is 0 Å². The van der Waals surface area contributed by atoms with E-state index < -0.39 is 23.2 Å². The Kier molecular flexibility index (Phi) is 3.11. The Balaban J connectivity index is 3.32. The molecule has 0 radical (unpaired) electrons. The molecule has 1 aromatic carbocycles. The Bertz CT molecular complexity index is 373. The Morgan fingerprint density at radius 1 is 1.27 bits per heavy atom. The first-order chi connectivity index (χ1) is 6.66. The molecule has 1 unspecified atom stereocenters. The van der Waals surface area contributed by atoms with Crippen molar-refractivity contribution in [3.63, 3.8) is 0 Å². The number of rotatable bonds is 1. The van der Waals surface area contributed by atoms with Gasteiger partial charge in [0, 0.05) is 10.0 Å². The predicted molar refractivity (Wildman–Crippen MR) is 49.7 cm³/mol. The summed E-state index contributed by atoms with van der Waals surface area (Å²) >= 11 is 2.91. The van der Waals surface area contributed by atoms with Crippen molar-refractivity contribution in [2.75, 3.05) is 0 Å². The van der Waals surface area contributed by atoms with Gasteiger partial charge in [-0.3, -0.25) is 0 Å². The Hall–Kier alpha value is -0.620. The van der Waals surface area contributed by atoms with Gasteiger partial charge in [-0.15, -0.1) is 0 Å². The van der Waals surface area contributed by atoms with E-state index in [2.05, 4.69) is 15.9 Å². The molecule has 0 saturated carbocycles. The van der Waals surface area contributed by atoms with Gasteiger partial charge in [-0.2, -0.15) is 13.2 Å². The van der Waals surface area contributed by atoms with E-state index in [-0.39, 0.29) is 4.47 Å². The van der Waals surface area contributed by atoms with Crippen LogP contribution in [0.5, 0.6) is 0 Å². The van der Waals surface area contributed by atoms with Crippen molar-refractivity contribution >= 4 is 15.9 Å². The molecular weight excluding hydrogens is 280 g/mol. The average Bonchev–Trinajstić information content (AvgIpc) is 2.07. The second-order valence-electron chi connectivity index (χ2n) is 3.19. The molecule has 0 aliphatic heterocycles. The minimum atomic E-state index is -4.92. The van der Waals surface area contributed by atoms with Crippen LogP contribution in [-0.4, -0.2) is 11.3 Å². The third-order valence-electron chi connectivity index (χ3n) is 2.00. The van der Waals surface area contributed by atoms with Crippen molar-refractivity contribution in [2.45, 2.75) is 18.7 Å². The van der Waals surface area contributed by atoms with Crippen LogP contribution in [0, 0.1) is 5.82 Å². The molecule has 0 heterocycles. The molecule has 1 atom stereocenters. The summed E-state index contributed by atoms with van der Waals surface area (Å²) in [7, 11) is 0. The van der Waals surface area contributed by atoms with E-state index in [0.717, 1.165) is 12.1 Å². The van der Waals surface area contributed by atoms with Crippen molar-refractivity contribution in [1.29, 1.82) is 0 Å². The number of benzene rings is 1. The molecule has 0 aromatic heterocycles. The summed E-state index contributed by atoms with van der Waals surface area (Å²) < 4.78 is 50.6. The molecule has 0 spiro atoms. The minimum absolute atomic E-state index is 0.267. The lowest BCUT2D eigenvalue weighted by atomic mass is 9.95. The van der Waals surface area contributed by atoms with Crippen LogP contribution in [0.15, 0.2) is 22.7 Å². The SMILES string of the molecule is CC(O)(c1cc(Br)ccc1F)C(F)(F)F. The van der Waals surface area contributed by atoms with Crippen LogP contribution in [-0.2, 0) is 5.60 Å². The third kappa shape index (κ3) is 2.31. The van der Waals surface area contributed by atoms with E-state index >= 15 is 0 Å². The summed E-state index contributed by atoms with van der Waals surface area (Å²) in [5.41, 5.74) is -4.00. The van der Waals surface area contributed by atoms with E-state index in [1.165, 1.54) is 6.07 Å². The molecule has 15 heavy (non-hydrogen) atoms. The van der Waals surface area contributed by atoms with Crippen LogP contribution in [0.1, 0.15) is 12.5 Å². The Labute approximate surface area is 91.9 Å². The highest BCUT2D eigenvalue weighted by Gasteiger charge is 2.52. The van der Waals surface area contributed by atoms with E-state index in [9.17, 15) is 22.7 Å². The molecule has 1 aromatic rings. The summed E-state index contributed by atoms with van der Waals surface area (Å²) in [4.78, 5) is 0. The first kappa shape index (κ1) is 12.4. The average molecular weight is 287 g/mol. The fourth-order valence-electron chi connectivity index (χ4n) is 1.02. The summed E-state index contributed by atoms with van der Waals surface area (Å²) in [5, 5.41) is 9.24. The highest BCUT2D eigenvalue weighted by atomic mass is 79.9. The van der Waals surface area contributed by atoms with Crippen LogP contribution >= 0.6 is 15.9 Å². The number of hydrogen-bond donors (Lipinski definition) is 1. The lowest BCUT2D eigenvalue weighted by Crippen LogP contribution is -2.40. The zero-order valence-corrected chi connectivity index (χ0v) is 9.16. The van der Waals surface area contributed by atoms with E-state index in [1.807, 2.05) is 0 Å². The largest absolute Gasteiger partial charge is 0.421 e. The summed E-state index contributed by atoms with van der Waals surface area (Å²) in [6.45, 7) is 0.512.